The summed E-state index contributed by atoms with van der Waals surface area (Å²) in [5, 5.41) is 13.2. The van der Waals surface area contributed by atoms with Crippen molar-refractivity contribution in [3.63, 3.8) is 0 Å². The van der Waals surface area contributed by atoms with E-state index in [1.54, 1.807) is 6.20 Å². The van der Waals surface area contributed by atoms with E-state index in [9.17, 15) is 5.11 Å². The molecule has 3 heteroatoms. The van der Waals surface area contributed by atoms with E-state index in [1.807, 2.05) is 19.1 Å². The molecule has 0 bridgehead atoms. The number of aryl methyl sites for hydroxylation is 1. The standard InChI is InChI=1S/C13H22N2O/c1-4-11(5-2)13(16)9-15-12-6-7-14-10(3)8-12/h6-8,11,13,16H,4-5,9H2,1-3H3,(H,14,15). The van der Waals surface area contributed by atoms with Crippen molar-refractivity contribution in [3.8, 4) is 0 Å². The predicted molar refractivity (Wildman–Crippen MR) is 67.5 cm³/mol. The first-order valence-corrected chi connectivity index (χ1v) is 6.02. The lowest BCUT2D eigenvalue weighted by Crippen LogP contribution is -2.27. The number of aliphatic hydroxyl groups excluding tert-OH is 1. The molecule has 0 spiro atoms. The lowest BCUT2D eigenvalue weighted by molar-refractivity contribution is 0.114. The number of anilines is 1. The van der Waals surface area contributed by atoms with E-state index >= 15 is 0 Å². The highest BCUT2D eigenvalue weighted by Gasteiger charge is 2.14. The summed E-state index contributed by atoms with van der Waals surface area (Å²) in [7, 11) is 0. The molecule has 0 radical (unpaired) electrons. The molecule has 2 N–H and O–H groups in total. The third kappa shape index (κ3) is 3.81. The Bertz CT molecular complexity index is 311. The fourth-order valence-corrected chi connectivity index (χ4v) is 1.88. The molecule has 0 aliphatic carbocycles. The SMILES string of the molecule is CCC(CC)C(O)CNc1ccnc(C)c1. The second-order valence-corrected chi connectivity index (χ2v) is 4.21. The molecule has 1 atom stereocenters. The topological polar surface area (TPSA) is 45.1 Å². The summed E-state index contributed by atoms with van der Waals surface area (Å²) in [5.74, 6) is 0.385. The van der Waals surface area contributed by atoms with Crippen molar-refractivity contribution in [1.82, 2.24) is 4.98 Å². The van der Waals surface area contributed by atoms with Crippen LogP contribution in [-0.4, -0.2) is 22.7 Å². The van der Waals surface area contributed by atoms with Crippen LogP contribution in [0.1, 0.15) is 32.4 Å². The Kier molecular flexibility index (Phi) is 5.26. The minimum atomic E-state index is -0.275. The Morgan fingerprint density at radius 1 is 1.38 bits per heavy atom. The highest BCUT2D eigenvalue weighted by molar-refractivity contribution is 5.42. The largest absolute Gasteiger partial charge is 0.391 e. The van der Waals surface area contributed by atoms with Crippen LogP contribution < -0.4 is 5.32 Å². The number of nitrogens with one attached hydrogen (secondary N) is 1. The third-order valence-electron chi connectivity index (χ3n) is 3.00. The van der Waals surface area contributed by atoms with Gasteiger partial charge in [0.1, 0.15) is 0 Å². The summed E-state index contributed by atoms with van der Waals surface area (Å²) in [6.07, 6.45) is 3.55. The summed E-state index contributed by atoms with van der Waals surface area (Å²) in [5.41, 5.74) is 2.01. The molecule has 0 fully saturated rings. The molecule has 0 saturated carbocycles. The number of rotatable bonds is 6. The number of nitrogens with zero attached hydrogens (tertiary/aromatic N) is 1. The van der Waals surface area contributed by atoms with E-state index in [0.717, 1.165) is 24.2 Å². The minimum absolute atomic E-state index is 0.275. The Morgan fingerprint density at radius 3 is 2.62 bits per heavy atom. The number of pyridine rings is 1. The van der Waals surface area contributed by atoms with E-state index in [-0.39, 0.29) is 6.10 Å². The first-order chi connectivity index (χ1) is 7.67. The summed E-state index contributed by atoms with van der Waals surface area (Å²) in [6.45, 7) is 6.81. The fraction of sp³-hybridized carbons (Fsp3) is 0.615. The zero-order valence-corrected chi connectivity index (χ0v) is 10.4. The zero-order chi connectivity index (χ0) is 12.0. The first kappa shape index (κ1) is 13.0. The predicted octanol–water partition coefficient (Wildman–Crippen LogP) is 2.60. The Labute approximate surface area is 97.9 Å². The molecular formula is C13H22N2O. The van der Waals surface area contributed by atoms with E-state index < -0.39 is 0 Å². The van der Waals surface area contributed by atoms with Gasteiger partial charge in [0.2, 0.25) is 0 Å². The maximum atomic E-state index is 9.96. The molecule has 1 rings (SSSR count). The lowest BCUT2D eigenvalue weighted by Gasteiger charge is -2.20. The van der Waals surface area contributed by atoms with Gasteiger partial charge in [0, 0.05) is 24.1 Å². The smallest absolute Gasteiger partial charge is 0.0740 e. The van der Waals surface area contributed by atoms with Crippen molar-refractivity contribution in [3.05, 3.63) is 24.0 Å². The van der Waals surface area contributed by atoms with Gasteiger partial charge in [-0.2, -0.15) is 0 Å². The van der Waals surface area contributed by atoms with E-state index in [2.05, 4.69) is 24.1 Å². The van der Waals surface area contributed by atoms with Crippen molar-refractivity contribution in [1.29, 1.82) is 0 Å². The van der Waals surface area contributed by atoms with Crippen LogP contribution in [0.4, 0.5) is 5.69 Å². The molecule has 16 heavy (non-hydrogen) atoms. The normalized spacial score (nSPS) is 12.8. The van der Waals surface area contributed by atoms with Gasteiger partial charge >= 0.3 is 0 Å². The van der Waals surface area contributed by atoms with Gasteiger partial charge in [0.15, 0.2) is 0 Å². The number of aliphatic hydroxyl groups is 1. The summed E-state index contributed by atoms with van der Waals surface area (Å²) in [4.78, 5) is 4.13. The summed E-state index contributed by atoms with van der Waals surface area (Å²) in [6, 6.07) is 3.91. The van der Waals surface area contributed by atoms with E-state index in [1.165, 1.54) is 0 Å². The van der Waals surface area contributed by atoms with Crippen LogP contribution in [0.5, 0.6) is 0 Å². The second-order valence-electron chi connectivity index (χ2n) is 4.21. The summed E-state index contributed by atoms with van der Waals surface area (Å²) < 4.78 is 0. The average Bonchev–Trinajstić information content (AvgIpc) is 2.28. The monoisotopic (exact) mass is 222 g/mol. The fourth-order valence-electron chi connectivity index (χ4n) is 1.88. The second kappa shape index (κ2) is 6.48. The maximum Gasteiger partial charge on any atom is 0.0740 e. The molecule has 1 aromatic rings. The highest BCUT2D eigenvalue weighted by Crippen LogP contribution is 2.14. The molecular weight excluding hydrogens is 200 g/mol. The van der Waals surface area contributed by atoms with E-state index in [4.69, 9.17) is 0 Å². The molecule has 0 aliphatic rings. The number of hydrogen-bond donors (Lipinski definition) is 2. The van der Waals surface area contributed by atoms with Crippen LogP contribution in [0, 0.1) is 12.8 Å². The van der Waals surface area contributed by atoms with Gasteiger partial charge in [0.25, 0.3) is 0 Å². The van der Waals surface area contributed by atoms with Crippen LogP contribution >= 0.6 is 0 Å². The minimum Gasteiger partial charge on any atom is -0.391 e. The Hall–Kier alpha value is -1.09. The van der Waals surface area contributed by atoms with Crippen LogP contribution in [-0.2, 0) is 0 Å². The number of hydrogen-bond acceptors (Lipinski definition) is 3. The van der Waals surface area contributed by atoms with Gasteiger partial charge in [-0.15, -0.1) is 0 Å². The molecule has 0 amide bonds. The van der Waals surface area contributed by atoms with Gasteiger partial charge in [-0.1, -0.05) is 26.7 Å². The maximum absolute atomic E-state index is 9.96. The van der Waals surface area contributed by atoms with Gasteiger partial charge < -0.3 is 10.4 Å². The zero-order valence-electron chi connectivity index (χ0n) is 10.4. The molecule has 1 heterocycles. The van der Waals surface area contributed by atoms with Crippen LogP contribution in [0.15, 0.2) is 18.3 Å². The van der Waals surface area contributed by atoms with Crippen molar-refractivity contribution >= 4 is 5.69 Å². The molecule has 1 aromatic heterocycles. The van der Waals surface area contributed by atoms with Crippen molar-refractivity contribution in [2.24, 2.45) is 5.92 Å². The van der Waals surface area contributed by atoms with Gasteiger partial charge in [-0.25, -0.2) is 0 Å². The van der Waals surface area contributed by atoms with E-state index in [0.29, 0.717) is 12.5 Å². The van der Waals surface area contributed by atoms with Crippen LogP contribution in [0.2, 0.25) is 0 Å². The third-order valence-corrected chi connectivity index (χ3v) is 3.00. The molecule has 1 unspecified atom stereocenters. The van der Waals surface area contributed by atoms with Crippen molar-refractivity contribution in [2.45, 2.75) is 39.7 Å². The number of aromatic nitrogens is 1. The van der Waals surface area contributed by atoms with Crippen LogP contribution in [0.3, 0.4) is 0 Å². The lowest BCUT2D eigenvalue weighted by atomic mass is 9.96. The van der Waals surface area contributed by atoms with Crippen molar-refractivity contribution in [2.75, 3.05) is 11.9 Å². The van der Waals surface area contributed by atoms with Gasteiger partial charge in [-0.3, -0.25) is 4.98 Å². The Morgan fingerprint density at radius 2 is 2.06 bits per heavy atom. The molecule has 0 saturated heterocycles. The molecule has 3 nitrogen and oxygen atoms in total. The quantitative estimate of drug-likeness (QED) is 0.777. The highest BCUT2D eigenvalue weighted by atomic mass is 16.3. The van der Waals surface area contributed by atoms with Crippen molar-refractivity contribution < 1.29 is 5.11 Å². The average molecular weight is 222 g/mol. The van der Waals surface area contributed by atoms with Crippen LogP contribution in [0.25, 0.3) is 0 Å². The molecule has 90 valence electrons. The van der Waals surface area contributed by atoms with Gasteiger partial charge in [-0.05, 0) is 25.0 Å². The van der Waals surface area contributed by atoms with Gasteiger partial charge in [0.05, 0.1) is 6.10 Å². The molecule has 0 aliphatic heterocycles. The first-order valence-electron chi connectivity index (χ1n) is 6.02. The Balaban J connectivity index is 2.45. The summed E-state index contributed by atoms with van der Waals surface area (Å²) >= 11 is 0. The molecule has 0 aromatic carbocycles.